The van der Waals surface area contributed by atoms with Gasteiger partial charge in [0.05, 0.1) is 26.5 Å². The van der Waals surface area contributed by atoms with Crippen LogP contribution in [0.2, 0.25) is 10.0 Å². The van der Waals surface area contributed by atoms with Crippen LogP contribution >= 0.6 is 46.3 Å². The van der Waals surface area contributed by atoms with Gasteiger partial charge in [0.1, 0.15) is 4.90 Å². The molecule has 1 aromatic carbocycles. The highest BCUT2D eigenvalue weighted by atomic mass is 35.5. The Morgan fingerprint density at radius 1 is 1.21 bits per heavy atom. The lowest BCUT2D eigenvalue weighted by Gasteiger charge is -2.34. The van der Waals surface area contributed by atoms with Crippen LogP contribution in [0.4, 0.5) is 0 Å². The van der Waals surface area contributed by atoms with Gasteiger partial charge >= 0.3 is 0 Å². The van der Waals surface area contributed by atoms with Crippen molar-refractivity contribution < 1.29 is 13.2 Å². The average Bonchev–Trinajstić information content (AvgIpc) is 3.06. The standard InChI is InChI=1S/C17H19Cl2N3O3S3/c1-12-20-13(10-27-12)9-26-11-16(23)21-5-7-22(8-6-21)28(24,25)17-14(18)3-2-4-15(17)19/h2-4,10H,5-9,11H2,1H3. The predicted octanol–water partition coefficient (Wildman–Crippen LogP) is 3.52. The Balaban J connectivity index is 1.54. The molecule has 152 valence electrons. The van der Waals surface area contributed by atoms with Gasteiger partial charge in [-0.3, -0.25) is 4.79 Å². The Hall–Kier alpha value is -0.840. The monoisotopic (exact) mass is 479 g/mol. The number of carbonyl (C=O) groups excluding carboxylic acids is 1. The number of hydrogen-bond acceptors (Lipinski definition) is 6. The fraction of sp³-hybridized carbons (Fsp3) is 0.412. The molecule has 3 rings (SSSR count). The summed E-state index contributed by atoms with van der Waals surface area (Å²) < 4.78 is 27.1. The molecule has 0 saturated carbocycles. The van der Waals surface area contributed by atoms with Crippen molar-refractivity contribution in [3.05, 3.63) is 44.3 Å². The highest BCUT2D eigenvalue weighted by molar-refractivity contribution is 7.99. The van der Waals surface area contributed by atoms with Crippen LogP contribution in [-0.2, 0) is 20.6 Å². The van der Waals surface area contributed by atoms with Gasteiger partial charge in [-0.2, -0.15) is 4.31 Å². The second-order valence-electron chi connectivity index (χ2n) is 6.19. The smallest absolute Gasteiger partial charge is 0.246 e. The summed E-state index contributed by atoms with van der Waals surface area (Å²) in [5.74, 6) is 1.04. The van der Waals surface area contributed by atoms with Gasteiger partial charge in [-0.25, -0.2) is 13.4 Å². The molecule has 0 bridgehead atoms. The Morgan fingerprint density at radius 2 is 1.86 bits per heavy atom. The molecule has 1 aliphatic rings. The highest BCUT2D eigenvalue weighted by Crippen LogP contribution is 2.32. The summed E-state index contributed by atoms with van der Waals surface area (Å²) in [6.07, 6.45) is 0. The highest BCUT2D eigenvalue weighted by Gasteiger charge is 2.32. The van der Waals surface area contributed by atoms with Crippen LogP contribution in [0.15, 0.2) is 28.5 Å². The molecular formula is C17H19Cl2N3O3S3. The molecule has 1 amide bonds. The maximum absolute atomic E-state index is 12.9. The number of thioether (sulfide) groups is 1. The largest absolute Gasteiger partial charge is 0.339 e. The molecule has 0 atom stereocenters. The first-order valence-electron chi connectivity index (χ1n) is 8.49. The number of carbonyl (C=O) groups is 1. The number of amides is 1. The topological polar surface area (TPSA) is 70.6 Å². The van der Waals surface area contributed by atoms with Crippen molar-refractivity contribution in [3.63, 3.8) is 0 Å². The number of halogens is 2. The lowest BCUT2D eigenvalue weighted by Crippen LogP contribution is -2.51. The van der Waals surface area contributed by atoms with Gasteiger partial charge in [0.25, 0.3) is 0 Å². The summed E-state index contributed by atoms with van der Waals surface area (Å²) in [7, 11) is -3.80. The predicted molar refractivity (Wildman–Crippen MR) is 115 cm³/mol. The van der Waals surface area contributed by atoms with Crippen molar-refractivity contribution >= 4 is 62.2 Å². The molecule has 11 heteroatoms. The van der Waals surface area contributed by atoms with E-state index in [4.69, 9.17) is 23.2 Å². The summed E-state index contributed by atoms with van der Waals surface area (Å²) >= 11 is 15.2. The number of nitrogens with zero attached hydrogens (tertiary/aromatic N) is 3. The maximum Gasteiger partial charge on any atom is 0.246 e. The SMILES string of the molecule is Cc1nc(CSCC(=O)N2CCN(S(=O)(=O)c3c(Cl)cccc3Cl)CC2)cs1. The van der Waals surface area contributed by atoms with E-state index in [2.05, 4.69) is 4.98 Å². The van der Waals surface area contributed by atoms with E-state index < -0.39 is 10.0 Å². The number of piperazine rings is 1. The minimum atomic E-state index is -3.80. The molecule has 2 heterocycles. The first-order chi connectivity index (χ1) is 13.3. The summed E-state index contributed by atoms with van der Waals surface area (Å²) in [5, 5.41) is 3.20. The zero-order valence-electron chi connectivity index (χ0n) is 15.1. The molecule has 1 aliphatic heterocycles. The molecule has 6 nitrogen and oxygen atoms in total. The zero-order valence-corrected chi connectivity index (χ0v) is 19.1. The molecule has 28 heavy (non-hydrogen) atoms. The van der Waals surface area contributed by atoms with Crippen molar-refractivity contribution in [1.29, 1.82) is 0 Å². The fourth-order valence-corrected chi connectivity index (χ4v) is 6.89. The number of rotatable bonds is 6. The Morgan fingerprint density at radius 3 is 2.43 bits per heavy atom. The van der Waals surface area contributed by atoms with E-state index in [1.807, 2.05) is 12.3 Å². The lowest BCUT2D eigenvalue weighted by atomic mass is 10.3. The van der Waals surface area contributed by atoms with Crippen molar-refractivity contribution in [2.75, 3.05) is 31.9 Å². The van der Waals surface area contributed by atoms with E-state index >= 15 is 0 Å². The van der Waals surface area contributed by atoms with E-state index in [9.17, 15) is 13.2 Å². The van der Waals surface area contributed by atoms with E-state index in [1.165, 1.54) is 28.2 Å². The van der Waals surface area contributed by atoms with Crippen LogP contribution in [0, 0.1) is 6.92 Å². The van der Waals surface area contributed by atoms with Gasteiger partial charge in [-0.15, -0.1) is 23.1 Å². The van der Waals surface area contributed by atoms with E-state index in [0.29, 0.717) is 24.6 Å². The van der Waals surface area contributed by atoms with Crippen molar-refractivity contribution in [1.82, 2.24) is 14.2 Å². The molecule has 0 aliphatic carbocycles. The third-order valence-electron chi connectivity index (χ3n) is 4.25. The Bertz CT molecular complexity index is 937. The van der Waals surface area contributed by atoms with Crippen LogP contribution < -0.4 is 0 Å². The minimum Gasteiger partial charge on any atom is -0.339 e. The Labute approximate surface area is 182 Å². The zero-order chi connectivity index (χ0) is 20.3. The first-order valence-corrected chi connectivity index (χ1v) is 12.7. The number of hydrogen-bond donors (Lipinski definition) is 0. The van der Waals surface area contributed by atoms with Gasteiger partial charge in [0.15, 0.2) is 0 Å². The fourth-order valence-electron chi connectivity index (χ4n) is 2.84. The van der Waals surface area contributed by atoms with Gasteiger partial charge < -0.3 is 4.90 Å². The molecule has 1 saturated heterocycles. The summed E-state index contributed by atoms with van der Waals surface area (Å²) in [5.41, 5.74) is 0.979. The van der Waals surface area contributed by atoms with E-state index in [1.54, 1.807) is 22.3 Å². The van der Waals surface area contributed by atoms with Crippen LogP contribution in [0.5, 0.6) is 0 Å². The number of aryl methyl sites for hydroxylation is 1. The van der Waals surface area contributed by atoms with Gasteiger partial charge in [0.2, 0.25) is 15.9 Å². The number of thiazole rings is 1. The van der Waals surface area contributed by atoms with Crippen LogP contribution in [0.25, 0.3) is 0 Å². The van der Waals surface area contributed by atoms with E-state index in [0.717, 1.165) is 10.7 Å². The number of benzene rings is 1. The molecule has 0 unspecified atom stereocenters. The third-order valence-corrected chi connectivity index (χ3v) is 8.88. The van der Waals surface area contributed by atoms with Crippen LogP contribution in [0.3, 0.4) is 0 Å². The number of sulfonamides is 1. The maximum atomic E-state index is 12.9. The summed E-state index contributed by atoms with van der Waals surface area (Å²) in [4.78, 5) is 18.4. The second kappa shape index (κ2) is 9.32. The van der Waals surface area contributed by atoms with Gasteiger partial charge in [0, 0.05) is 37.3 Å². The van der Waals surface area contributed by atoms with Crippen molar-refractivity contribution in [3.8, 4) is 0 Å². The first kappa shape index (κ1) is 21.9. The molecule has 2 aromatic rings. The minimum absolute atomic E-state index is 0.00442. The third kappa shape index (κ3) is 5.01. The van der Waals surface area contributed by atoms with Crippen LogP contribution in [-0.4, -0.2) is 60.4 Å². The number of aromatic nitrogens is 1. The van der Waals surface area contributed by atoms with Crippen molar-refractivity contribution in [2.45, 2.75) is 17.6 Å². The van der Waals surface area contributed by atoms with Crippen molar-refractivity contribution in [2.24, 2.45) is 0 Å². The Kier molecular flexibility index (Phi) is 7.27. The molecule has 1 aromatic heterocycles. The second-order valence-corrected chi connectivity index (χ2v) is 10.9. The normalized spacial score (nSPS) is 15.8. The van der Waals surface area contributed by atoms with E-state index in [-0.39, 0.29) is 33.9 Å². The molecular weight excluding hydrogens is 461 g/mol. The quantitative estimate of drug-likeness (QED) is 0.633. The average molecular weight is 480 g/mol. The van der Waals surface area contributed by atoms with Gasteiger partial charge in [-0.05, 0) is 19.1 Å². The molecule has 0 spiro atoms. The van der Waals surface area contributed by atoms with Gasteiger partial charge in [-0.1, -0.05) is 29.3 Å². The molecule has 0 radical (unpaired) electrons. The summed E-state index contributed by atoms with van der Waals surface area (Å²) in [6.45, 7) is 3.07. The summed E-state index contributed by atoms with van der Waals surface area (Å²) in [6, 6.07) is 4.60. The lowest BCUT2D eigenvalue weighted by molar-refractivity contribution is -0.129. The molecule has 1 fully saturated rings. The van der Waals surface area contributed by atoms with Crippen LogP contribution in [0.1, 0.15) is 10.7 Å². The molecule has 0 N–H and O–H groups in total.